The summed E-state index contributed by atoms with van der Waals surface area (Å²) in [6.07, 6.45) is 6.44. The molecule has 0 aromatic carbocycles. The van der Waals surface area contributed by atoms with E-state index in [2.05, 4.69) is 15.1 Å². The molecule has 1 saturated carbocycles. The molecule has 25 heavy (non-hydrogen) atoms. The molecule has 3 heterocycles. The van der Waals surface area contributed by atoms with Gasteiger partial charge >= 0.3 is 0 Å². The van der Waals surface area contributed by atoms with Crippen LogP contribution in [0.3, 0.4) is 0 Å². The Balaban J connectivity index is 0.00000182. The van der Waals surface area contributed by atoms with Gasteiger partial charge in [-0.1, -0.05) is 24.1 Å². The number of sulfone groups is 1. The van der Waals surface area contributed by atoms with Crippen molar-refractivity contribution in [3.05, 3.63) is 30.2 Å². The van der Waals surface area contributed by atoms with Gasteiger partial charge in [0.2, 0.25) is 15.0 Å². The van der Waals surface area contributed by atoms with Crippen LogP contribution in [0.4, 0.5) is 0 Å². The molecule has 0 radical (unpaired) electrons. The Hall–Kier alpha value is -1.97. The number of hydrogen-bond donors (Lipinski definition) is 1. The van der Waals surface area contributed by atoms with E-state index in [-0.39, 0.29) is 23.5 Å². The Bertz CT molecular complexity index is 1020. The van der Waals surface area contributed by atoms with Crippen LogP contribution < -0.4 is 5.73 Å². The van der Waals surface area contributed by atoms with Gasteiger partial charge in [-0.05, 0) is 25.0 Å². The molecule has 2 N–H and O–H groups in total. The molecule has 1 fully saturated rings. The van der Waals surface area contributed by atoms with Gasteiger partial charge < -0.3 is 10.3 Å². The van der Waals surface area contributed by atoms with Crippen molar-refractivity contribution in [3.8, 4) is 11.6 Å². The SMILES string of the molecule is CS(=O)(=O)c1nc(-c2nc(C3(N)CCCC3)no2)c2ccccn12.Cl. The zero-order chi connectivity index (χ0) is 16.9. The van der Waals surface area contributed by atoms with Crippen LogP contribution in [-0.4, -0.2) is 34.2 Å². The minimum absolute atomic E-state index is 0. The smallest absolute Gasteiger partial charge is 0.278 e. The molecule has 0 saturated heterocycles. The van der Waals surface area contributed by atoms with Gasteiger partial charge in [-0.25, -0.2) is 13.4 Å². The Morgan fingerprint density at radius 3 is 2.64 bits per heavy atom. The minimum Gasteiger partial charge on any atom is -0.332 e. The van der Waals surface area contributed by atoms with Crippen LogP contribution in [0.2, 0.25) is 0 Å². The molecular weight excluding hydrogens is 366 g/mol. The highest BCUT2D eigenvalue weighted by atomic mass is 35.5. The summed E-state index contributed by atoms with van der Waals surface area (Å²) < 4.78 is 30.8. The number of nitrogens with two attached hydrogens (primary N) is 1. The van der Waals surface area contributed by atoms with Crippen LogP contribution >= 0.6 is 12.4 Å². The second-order valence-corrected chi connectivity index (χ2v) is 8.17. The lowest BCUT2D eigenvalue weighted by atomic mass is 9.99. The third-order valence-corrected chi connectivity index (χ3v) is 5.37. The standard InChI is InChI=1S/C15H17N5O3S.ClH/c1-24(21,22)14-17-11(10-6-2-5-9-20(10)14)12-18-13(19-23-12)15(16)7-3-4-8-15;/h2,5-6,9H,3-4,7-8,16H2,1H3;1H. The van der Waals surface area contributed by atoms with E-state index in [4.69, 9.17) is 10.3 Å². The van der Waals surface area contributed by atoms with E-state index < -0.39 is 15.4 Å². The van der Waals surface area contributed by atoms with Crippen molar-refractivity contribution in [1.29, 1.82) is 0 Å². The predicted octanol–water partition coefficient (Wildman–Crippen LogP) is 1.94. The Labute approximate surface area is 150 Å². The monoisotopic (exact) mass is 383 g/mol. The predicted molar refractivity (Wildman–Crippen MR) is 93.2 cm³/mol. The summed E-state index contributed by atoms with van der Waals surface area (Å²) in [6.45, 7) is 0. The van der Waals surface area contributed by atoms with Crippen LogP contribution in [-0.2, 0) is 15.4 Å². The summed E-state index contributed by atoms with van der Waals surface area (Å²) in [5.41, 5.74) is 6.71. The molecule has 10 heteroatoms. The lowest BCUT2D eigenvalue weighted by Crippen LogP contribution is -2.34. The van der Waals surface area contributed by atoms with Crippen molar-refractivity contribution in [2.75, 3.05) is 6.26 Å². The van der Waals surface area contributed by atoms with Crippen molar-refractivity contribution >= 4 is 27.8 Å². The molecule has 3 aromatic heterocycles. The topological polar surface area (TPSA) is 116 Å². The van der Waals surface area contributed by atoms with Crippen molar-refractivity contribution in [2.45, 2.75) is 36.4 Å². The fraction of sp³-hybridized carbons (Fsp3) is 0.400. The first kappa shape index (κ1) is 17.8. The van der Waals surface area contributed by atoms with Gasteiger partial charge in [-0.3, -0.25) is 4.40 Å². The van der Waals surface area contributed by atoms with Gasteiger partial charge in [0.1, 0.15) is 0 Å². The maximum Gasteiger partial charge on any atom is 0.278 e. The van der Waals surface area contributed by atoms with Gasteiger partial charge in [0.05, 0.1) is 11.1 Å². The molecule has 3 aromatic rings. The van der Waals surface area contributed by atoms with Crippen LogP contribution in [0.25, 0.3) is 17.1 Å². The average molecular weight is 384 g/mol. The fourth-order valence-corrected chi connectivity index (χ4v) is 3.95. The molecule has 134 valence electrons. The van der Waals surface area contributed by atoms with E-state index in [9.17, 15) is 8.42 Å². The lowest BCUT2D eigenvalue weighted by molar-refractivity contribution is 0.372. The van der Waals surface area contributed by atoms with Gasteiger partial charge in [0.15, 0.2) is 11.5 Å². The highest BCUT2D eigenvalue weighted by molar-refractivity contribution is 7.90. The van der Waals surface area contributed by atoms with Gasteiger partial charge in [0, 0.05) is 12.5 Å². The third kappa shape index (κ3) is 2.92. The van der Waals surface area contributed by atoms with Gasteiger partial charge in [-0.15, -0.1) is 12.4 Å². The Morgan fingerprint density at radius 2 is 1.96 bits per heavy atom. The first-order valence-electron chi connectivity index (χ1n) is 7.69. The summed E-state index contributed by atoms with van der Waals surface area (Å²) in [5, 5.41) is 3.96. The minimum atomic E-state index is -3.50. The second kappa shape index (κ2) is 6.08. The van der Waals surface area contributed by atoms with Gasteiger partial charge in [-0.2, -0.15) is 4.98 Å². The van der Waals surface area contributed by atoms with Crippen molar-refractivity contribution < 1.29 is 12.9 Å². The molecule has 0 atom stereocenters. The second-order valence-electron chi connectivity index (χ2n) is 6.26. The van der Waals surface area contributed by atoms with E-state index >= 15 is 0 Å². The number of aromatic nitrogens is 4. The fourth-order valence-electron chi connectivity index (χ4n) is 3.18. The number of imidazole rings is 1. The van der Waals surface area contributed by atoms with Crippen LogP contribution in [0.15, 0.2) is 34.1 Å². The molecule has 0 amide bonds. The van der Waals surface area contributed by atoms with Crippen LogP contribution in [0.1, 0.15) is 31.5 Å². The molecule has 1 aliphatic rings. The normalized spacial score (nSPS) is 16.9. The van der Waals surface area contributed by atoms with Crippen molar-refractivity contribution in [1.82, 2.24) is 19.5 Å². The zero-order valence-corrected chi connectivity index (χ0v) is 15.2. The van der Waals surface area contributed by atoms with E-state index in [1.54, 1.807) is 24.4 Å². The number of nitrogens with zero attached hydrogens (tertiary/aromatic N) is 4. The summed E-state index contributed by atoms with van der Waals surface area (Å²) in [7, 11) is -3.50. The van der Waals surface area contributed by atoms with E-state index in [1.165, 1.54) is 4.40 Å². The molecular formula is C15H18ClN5O3S. The molecule has 0 spiro atoms. The lowest BCUT2D eigenvalue weighted by Gasteiger charge is -2.17. The summed E-state index contributed by atoms with van der Waals surface area (Å²) in [6, 6.07) is 5.29. The molecule has 1 aliphatic carbocycles. The highest BCUT2D eigenvalue weighted by Crippen LogP contribution is 2.36. The first-order valence-corrected chi connectivity index (χ1v) is 9.58. The van der Waals surface area contributed by atoms with E-state index in [1.807, 2.05) is 0 Å². The largest absolute Gasteiger partial charge is 0.332 e. The number of halogens is 1. The quantitative estimate of drug-likeness (QED) is 0.734. The number of pyridine rings is 1. The number of hydrogen-bond acceptors (Lipinski definition) is 7. The molecule has 8 nitrogen and oxygen atoms in total. The van der Waals surface area contributed by atoms with Crippen LogP contribution in [0, 0.1) is 0 Å². The molecule has 0 aliphatic heterocycles. The number of rotatable bonds is 3. The maximum absolute atomic E-state index is 12.0. The van der Waals surface area contributed by atoms with Gasteiger partial charge in [0.25, 0.3) is 5.89 Å². The molecule has 4 rings (SSSR count). The third-order valence-electron chi connectivity index (χ3n) is 4.42. The molecule has 0 unspecified atom stereocenters. The Kier molecular flexibility index (Phi) is 4.34. The van der Waals surface area contributed by atoms with Crippen molar-refractivity contribution in [3.63, 3.8) is 0 Å². The Morgan fingerprint density at radius 1 is 1.24 bits per heavy atom. The average Bonchev–Trinajstić information content (AvgIpc) is 3.23. The highest BCUT2D eigenvalue weighted by Gasteiger charge is 2.36. The first-order chi connectivity index (χ1) is 11.4. The maximum atomic E-state index is 12.0. The number of fused-ring (bicyclic) bond motifs is 1. The van der Waals surface area contributed by atoms with E-state index in [0.717, 1.165) is 31.9 Å². The summed E-state index contributed by atoms with van der Waals surface area (Å²) >= 11 is 0. The summed E-state index contributed by atoms with van der Waals surface area (Å²) in [4.78, 5) is 8.64. The zero-order valence-electron chi connectivity index (χ0n) is 13.5. The molecule has 0 bridgehead atoms. The van der Waals surface area contributed by atoms with Crippen LogP contribution in [0.5, 0.6) is 0 Å². The van der Waals surface area contributed by atoms with Crippen molar-refractivity contribution in [2.24, 2.45) is 5.73 Å². The summed E-state index contributed by atoms with van der Waals surface area (Å²) in [5.74, 6) is 0.633. The van der Waals surface area contributed by atoms with E-state index in [0.29, 0.717) is 17.0 Å².